The van der Waals surface area contributed by atoms with E-state index in [0.29, 0.717) is 0 Å². The molecule has 0 aliphatic heterocycles. The molecule has 10 aliphatic rings. The van der Waals surface area contributed by atoms with Crippen LogP contribution in [-0.4, -0.2) is 192 Å². The molecule has 0 radical (unpaired) electrons. The zero-order valence-electron chi connectivity index (χ0n) is 60.7. The van der Waals surface area contributed by atoms with Crippen molar-refractivity contribution in [3.05, 3.63) is 116 Å². The first-order valence-corrected chi connectivity index (χ1v) is 34.3. The maximum absolute atomic E-state index is 13.3. The lowest BCUT2D eigenvalue weighted by Gasteiger charge is -2.22. The van der Waals surface area contributed by atoms with Gasteiger partial charge in [0, 0.05) is 87.7 Å². The van der Waals surface area contributed by atoms with Crippen LogP contribution in [0.2, 0.25) is 0 Å². The van der Waals surface area contributed by atoms with E-state index in [1.807, 2.05) is 0 Å². The Morgan fingerprint density at radius 3 is 0.343 bits per heavy atom. The fraction of sp³-hybridized carbons (Fsp3) is 0.467. The largest absolute Gasteiger partial charge is 0.482 e. The van der Waals surface area contributed by atoms with Crippen LogP contribution in [-0.2, 0) is 127 Å². The monoisotopic (exact) mass is 1470 g/mol. The first-order chi connectivity index (χ1) is 50.7. The number of hydrogen-bond donors (Lipinski definition) is 0. The molecular formula is C75H90O30. The van der Waals surface area contributed by atoms with E-state index in [1.165, 1.54) is 60.7 Å². The molecule has 570 valence electrons. The standard InChI is InChI=1S/C75H90O30/c1-11-86-66(76)36-96-56-26-47-22-49-29-61(101-41-71(81)91-16-6)51(31-60(49)100-40-70(80)90-15-5)24-53-33-65(105-45-75(85)95-20-10)55(35-64(53)104-44-74(84)94-19-9)25-54-34-62(102-42-72(82)92-17-7)52(32-63(54)103-43-73(83)93-18-8)23-50-30-58(98-38-68(78)88-13-3)48(28-59(50)99-39-69(79)89-14-4)21-46(56)27-57(47)97-37-67(77)87-12-2/h26-35H,11-25,36-45H2,1-10H3. The minimum Gasteiger partial charge on any atom is -0.482 e. The molecule has 30 heteroatoms. The van der Waals surface area contributed by atoms with Crippen LogP contribution in [0.1, 0.15) is 125 Å². The van der Waals surface area contributed by atoms with Crippen LogP contribution in [0.4, 0.5) is 0 Å². The van der Waals surface area contributed by atoms with E-state index < -0.39 is 126 Å². The number of benzene rings is 5. The van der Waals surface area contributed by atoms with E-state index in [1.54, 1.807) is 69.2 Å². The Labute approximate surface area is 607 Å². The molecule has 0 spiro atoms. The van der Waals surface area contributed by atoms with Crippen LogP contribution >= 0.6 is 0 Å². The molecular weight excluding hydrogens is 1380 g/mol. The summed E-state index contributed by atoms with van der Waals surface area (Å²) in [7, 11) is 0. The molecule has 0 amide bonds. The summed E-state index contributed by atoms with van der Waals surface area (Å²) in [6, 6.07) is 15.1. The molecule has 0 aromatic heterocycles. The van der Waals surface area contributed by atoms with Crippen molar-refractivity contribution in [2.75, 3.05) is 132 Å². The lowest BCUT2D eigenvalue weighted by atomic mass is 9.94. The Kier molecular flexibility index (Phi) is 34.4. The maximum atomic E-state index is 13.3. The second-order valence-corrected chi connectivity index (χ2v) is 22.2. The van der Waals surface area contributed by atoms with Gasteiger partial charge in [-0.05, 0) is 130 Å². The minimum atomic E-state index is -0.774. The van der Waals surface area contributed by atoms with Gasteiger partial charge in [0.15, 0.2) is 66.1 Å². The zero-order valence-corrected chi connectivity index (χ0v) is 60.7. The molecule has 5 aromatic carbocycles. The van der Waals surface area contributed by atoms with Gasteiger partial charge in [0.2, 0.25) is 0 Å². The van der Waals surface area contributed by atoms with Gasteiger partial charge in [-0.3, -0.25) is 0 Å². The molecule has 0 heterocycles. The highest BCUT2D eigenvalue weighted by atomic mass is 16.6. The van der Waals surface area contributed by atoms with Gasteiger partial charge in [0.1, 0.15) is 57.5 Å². The predicted molar refractivity (Wildman–Crippen MR) is 368 cm³/mol. The number of carbonyl (C=O) groups is 10. The molecule has 5 aromatic rings. The summed E-state index contributed by atoms with van der Waals surface area (Å²) in [5, 5.41) is 0. The third-order valence-electron chi connectivity index (χ3n) is 14.6. The molecule has 0 unspecified atom stereocenters. The van der Waals surface area contributed by atoms with Gasteiger partial charge in [-0.25, -0.2) is 47.9 Å². The van der Waals surface area contributed by atoms with Gasteiger partial charge < -0.3 is 94.7 Å². The Morgan fingerprint density at radius 2 is 0.267 bits per heavy atom. The SMILES string of the molecule is CCOC(=O)COc1cc2c(OCC(=O)OCC)cc1Cc1cc(OCC(=O)OCC)c(cc1OCC(=O)OCC)Cc1cc(OCC(=O)OCC)c(cc1OCC(=O)OCC)Cc1cc(OCC(=O)OCC)c(cc1OCC(=O)OCC)Cc1cc(OCC(=O)OCC)c(cc1OCC(=O)OCC)C2. The summed E-state index contributed by atoms with van der Waals surface area (Å²) >= 11 is 0. The van der Waals surface area contributed by atoms with Crippen LogP contribution < -0.4 is 47.4 Å². The van der Waals surface area contributed by atoms with E-state index in [0.717, 1.165) is 0 Å². The highest BCUT2D eigenvalue weighted by Gasteiger charge is 2.28. The fourth-order valence-electron chi connectivity index (χ4n) is 10.4. The summed E-state index contributed by atoms with van der Waals surface area (Å²) in [5.41, 5.74) is 2.33. The average Bonchev–Trinajstić information content (AvgIpc) is 1.16. The predicted octanol–water partition coefficient (Wildman–Crippen LogP) is 7.37. The molecule has 0 atom stereocenters. The second kappa shape index (κ2) is 43.7. The molecule has 0 saturated carbocycles. The number of carbonyl (C=O) groups excluding carboxylic acids is 10. The van der Waals surface area contributed by atoms with Crippen molar-refractivity contribution < 1.29 is 143 Å². The van der Waals surface area contributed by atoms with Crippen LogP contribution in [0.15, 0.2) is 60.7 Å². The van der Waals surface area contributed by atoms with E-state index >= 15 is 0 Å². The van der Waals surface area contributed by atoms with Crippen LogP contribution in [0, 0.1) is 0 Å². The zero-order chi connectivity index (χ0) is 76.2. The quantitative estimate of drug-likeness (QED) is 0.0267. The van der Waals surface area contributed by atoms with Gasteiger partial charge >= 0.3 is 59.7 Å². The number of hydrogen-bond acceptors (Lipinski definition) is 30. The maximum Gasteiger partial charge on any atom is 0.344 e. The Bertz CT molecular complexity index is 3010. The summed E-state index contributed by atoms with van der Waals surface area (Å²) in [5.74, 6) is -7.70. The molecule has 0 saturated heterocycles. The van der Waals surface area contributed by atoms with Gasteiger partial charge in [-0.1, -0.05) is 0 Å². The number of esters is 10. The molecule has 15 rings (SSSR count). The van der Waals surface area contributed by atoms with E-state index in [-0.39, 0.29) is 211 Å². The molecule has 30 nitrogen and oxygen atoms in total. The van der Waals surface area contributed by atoms with E-state index in [2.05, 4.69) is 0 Å². The van der Waals surface area contributed by atoms with Crippen molar-refractivity contribution in [3.8, 4) is 57.5 Å². The van der Waals surface area contributed by atoms with Gasteiger partial charge in [0.25, 0.3) is 0 Å². The van der Waals surface area contributed by atoms with E-state index in [9.17, 15) is 47.9 Å². The highest BCUT2D eigenvalue weighted by Crippen LogP contribution is 2.43. The first kappa shape index (κ1) is 82.8. The van der Waals surface area contributed by atoms with Crippen LogP contribution in [0.5, 0.6) is 57.5 Å². The second-order valence-electron chi connectivity index (χ2n) is 22.2. The van der Waals surface area contributed by atoms with Crippen molar-refractivity contribution in [2.45, 2.75) is 101 Å². The van der Waals surface area contributed by atoms with Crippen molar-refractivity contribution in [1.82, 2.24) is 0 Å². The summed E-state index contributed by atoms with van der Waals surface area (Å²) in [6.45, 7) is 9.25. The highest BCUT2D eigenvalue weighted by molar-refractivity contribution is 5.76. The van der Waals surface area contributed by atoms with Crippen LogP contribution in [0.25, 0.3) is 0 Å². The van der Waals surface area contributed by atoms with Crippen molar-refractivity contribution >= 4 is 59.7 Å². The lowest BCUT2D eigenvalue weighted by Crippen LogP contribution is -2.18. The van der Waals surface area contributed by atoms with Gasteiger partial charge in [-0.15, -0.1) is 0 Å². The minimum absolute atomic E-state index is 0.00414. The Balaban J connectivity index is 1.88. The smallest absolute Gasteiger partial charge is 0.344 e. The Hall–Kier alpha value is -11.2. The molecule has 105 heavy (non-hydrogen) atoms. The average molecular weight is 1470 g/mol. The number of rotatable bonds is 40. The molecule has 10 bridgehead atoms. The fourth-order valence-corrected chi connectivity index (χ4v) is 10.4. The summed E-state index contributed by atoms with van der Waals surface area (Å²) < 4.78 is 117. The normalized spacial score (nSPS) is 11.3. The Morgan fingerprint density at radius 1 is 0.181 bits per heavy atom. The van der Waals surface area contributed by atoms with Crippen molar-refractivity contribution in [3.63, 3.8) is 0 Å². The third-order valence-corrected chi connectivity index (χ3v) is 14.6. The number of ether oxygens (including phenoxy) is 20. The van der Waals surface area contributed by atoms with Crippen molar-refractivity contribution in [1.29, 1.82) is 0 Å². The lowest BCUT2D eigenvalue weighted by molar-refractivity contribution is -0.146. The summed E-state index contributed by atoms with van der Waals surface area (Å²) in [6.07, 6.45) is -1.24. The third kappa shape index (κ3) is 26.9. The first-order valence-electron chi connectivity index (χ1n) is 34.3. The van der Waals surface area contributed by atoms with E-state index in [4.69, 9.17) is 94.7 Å². The van der Waals surface area contributed by atoms with Gasteiger partial charge in [-0.2, -0.15) is 0 Å². The van der Waals surface area contributed by atoms with Crippen LogP contribution in [0.3, 0.4) is 0 Å². The molecule has 0 fully saturated rings. The topological polar surface area (TPSA) is 355 Å². The summed E-state index contributed by atoms with van der Waals surface area (Å²) in [4.78, 5) is 133. The molecule has 0 N–H and O–H groups in total. The molecule has 10 aliphatic carbocycles. The van der Waals surface area contributed by atoms with Gasteiger partial charge in [0.05, 0.1) is 66.1 Å². The van der Waals surface area contributed by atoms with Crippen molar-refractivity contribution in [2.24, 2.45) is 0 Å².